The van der Waals surface area contributed by atoms with Crippen LogP contribution >= 0.6 is 0 Å². The first kappa shape index (κ1) is 33.6. The van der Waals surface area contributed by atoms with Gasteiger partial charge >= 0.3 is 0 Å². The number of hydrogen-bond acceptors (Lipinski definition) is 8. The van der Waals surface area contributed by atoms with Crippen LogP contribution in [0.4, 0.5) is 20.2 Å². The lowest BCUT2D eigenvalue weighted by atomic mass is 10.0. The summed E-state index contributed by atoms with van der Waals surface area (Å²) in [5.74, 6) is -2.38. The summed E-state index contributed by atoms with van der Waals surface area (Å²) >= 11 is 0. The van der Waals surface area contributed by atoms with Crippen molar-refractivity contribution in [2.24, 2.45) is 5.41 Å². The van der Waals surface area contributed by atoms with Gasteiger partial charge in [-0.25, -0.2) is 8.78 Å². The van der Waals surface area contributed by atoms with Crippen LogP contribution in [0, 0.1) is 17.0 Å². The molecule has 0 atom stereocenters. The summed E-state index contributed by atoms with van der Waals surface area (Å²) in [4.78, 5) is 40.8. The Morgan fingerprint density at radius 3 is 2.17 bits per heavy atom. The highest BCUT2D eigenvalue weighted by Gasteiger charge is 2.56. The lowest BCUT2D eigenvalue weighted by Crippen LogP contribution is -2.35. The molecule has 2 amide bonds. The van der Waals surface area contributed by atoms with Gasteiger partial charge < -0.3 is 40.9 Å². The number of aromatic nitrogens is 1. The fraction of sp³-hybridized carbons (Fsp3) is 0.273. The third kappa shape index (κ3) is 7.85. The minimum Gasteiger partial charge on any atom is -0.550 e. The Morgan fingerprint density at radius 1 is 0.848 bits per heavy atom. The molecule has 5 rings (SSSR count). The lowest BCUT2D eigenvalue weighted by molar-refractivity contribution is -0.305. The second-order valence-electron chi connectivity index (χ2n) is 10.5. The molecule has 3 aromatic carbocycles. The van der Waals surface area contributed by atoms with Gasteiger partial charge in [-0.2, -0.15) is 0 Å². The number of halogens is 2. The van der Waals surface area contributed by atoms with Crippen molar-refractivity contribution in [3.63, 3.8) is 0 Å². The van der Waals surface area contributed by atoms with E-state index in [-0.39, 0.29) is 30.6 Å². The first-order valence-corrected chi connectivity index (χ1v) is 14.4. The molecule has 0 unspecified atom stereocenters. The van der Waals surface area contributed by atoms with Crippen LogP contribution in [0.15, 0.2) is 66.9 Å². The first-order valence-electron chi connectivity index (χ1n) is 14.4. The van der Waals surface area contributed by atoms with Crippen molar-refractivity contribution >= 4 is 40.1 Å². The highest BCUT2D eigenvalue weighted by atomic mass is 19.1. The summed E-state index contributed by atoms with van der Waals surface area (Å²) in [6.45, 7) is 2.43. The van der Waals surface area contributed by atoms with Crippen LogP contribution in [0.1, 0.15) is 39.0 Å². The maximum absolute atomic E-state index is 15.2. The van der Waals surface area contributed by atoms with E-state index < -0.39 is 34.8 Å². The van der Waals surface area contributed by atoms with E-state index in [1.54, 1.807) is 18.2 Å². The van der Waals surface area contributed by atoms with Gasteiger partial charge in [0.1, 0.15) is 17.0 Å². The number of hydrogen-bond donors (Lipinski definition) is 3. The summed E-state index contributed by atoms with van der Waals surface area (Å²) < 4.78 is 45.9. The molecule has 0 aliphatic heterocycles. The van der Waals surface area contributed by atoms with Gasteiger partial charge in [-0.15, -0.1) is 0 Å². The molecular formula is C33H34F2N4O7. The van der Waals surface area contributed by atoms with Crippen molar-refractivity contribution < 1.29 is 42.5 Å². The number of pyridine rings is 1. The topological polar surface area (TPSA) is 175 Å². The molecule has 0 saturated heterocycles. The maximum Gasteiger partial charge on any atom is 0.240 e. The number of rotatable bonds is 14. The third-order valence-electron chi connectivity index (χ3n) is 7.23. The number of nitrogens with zero attached hydrogens (tertiary/aromatic N) is 1. The fourth-order valence-electron chi connectivity index (χ4n) is 4.65. The molecule has 4 aromatic rings. The molecule has 1 saturated carbocycles. The van der Waals surface area contributed by atoms with E-state index in [4.69, 9.17) is 14.2 Å². The Hall–Kier alpha value is -5.30. The van der Waals surface area contributed by atoms with E-state index in [2.05, 4.69) is 15.6 Å². The molecule has 1 aromatic heterocycles. The largest absolute Gasteiger partial charge is 0.550 e. The number of unbranched alkanes of at least 4 members (excludes halogenated alkanes) is 1. The van der Waals surface area contributed by atoms with Crippen molar-refractivity contribution in [3.8, 4) is 23.0 Å². The number of carboxylic acids is 1. The zero-order chi connectivity index (χ0) is 32.0. The Bertz CT molecular complexity index is 1730. The van der Waals surface area contributed by atoms with Crippen molar-refractivity contribution in [2.75, 3.05) is 23.8 Å². The molecule has 1 fully saturated rings. The van der Waals surface area contributed by atoms with Crippen LogP contribution in [0.3, 0.4) is 0 Å². The Kier molecular flexibility index (Phi) is 10.7. The lowest BCUT2D eigenvalue weighted by Gasteiger charge is -2.16. The number of amides is 2. The van der Waals surface area contributed by atoms with E-state index in [9.17, 15) is 23.9 Å². The fourth-order valence-corrected chi connectivity index (χ4v) is 4.65. The molecule has 46 heavy (non-hydrogen) atoms. The molecule has 0 radical (unpaired) electrons. The number of nitrogens with one attached hydrogen (secondary N) is 2. The van der Waals surface area contributed by atoms with Gasteiger partial charge in [0, 0.05) is 41.1 Å². The number of anilines is 2. The van der Waals surface area contributed by atoms with E-state index in [0.29, 0.717) is 66.1 Å². The summed E-state index contributed by atoms with van der Waals surface area (Å²) in [5, 5.41) is 16.4. The minimum atomic E-state index is -1.30. The average Bonchev–Trinajstić information content (AvgIpc) is 3.82. The Labute approximate surface area is 263 Å². The number of carboxylic acid groups (broad SMARTS) is 1. The van der Waals surface area contributed by atoms with Gasteiger partial charge in [0.2, 0.25) is 11.8 Å². The summed E-state index contributed by atoms with van der Waals surface area (Å²) in [5.41, 5.74) is -0.295. The first-order chi connectivity index (χ1) is 21.7. The smallest absolute Gasteiger partial charge is 0.240 e. The van der Waals surface area contributed by atoms with Crippen molar-refractivity contribution in [2.45, 2.75) is 39.0 Å². The van der Waals surface area contributed by atoms with Gasteiger partial charge in [-0.05, 0) is 87.6 Å². The standard InChI is InChI=1S/C33H31F2N3O7.H3N/c1-2-43-28-18-23-25(19-29(28)44-16-4-3-5-30(39)40)36-15-12-26(23)45-27-11-10-22(17-24(27)35)38-32(42)33(13-14-33)31(41)37-21-8-6-20(34)7-9-21;/h6-12,15,17-19H,2-5,13-14,16H2,1H3,(H,37,41)(H,38,42)(H,39,40);1H3. The van der Waals surface area contributed by atoms with Gasteiger partial charge in [-0.1, -0.05) is 0 Å². The Balaban J connectivity index is 0.00000480. The van der Waals surface area contributed by atoms with E-state index in [1.807, 2.05) is 6.92 Å². The van der Waals surface area contributed by atoms with Crippen molar-refractivity contribution in [3.05, 3.63) is 78.5 Å². The van der Waals surface area contributed by atoms with Gasteiger partial charge in [0.25, 0.3) is 0 Å². The van der Waals surface area contributed by atoms with Crippen LogP contribution in [0.2, 0.25) is 0 Å². The predicted octanol–water partition coefficient (Wildman–Crippen LogP) is 5.74. The van der Waals surface area contributed by atoms with Gasteiger partial charge in [-0.3, -0.25) is 14.6 Å². The van der Waals surface area contributed by atoms with Crippen LogP contribution in [-0.2, 0) is 14.4 Å². The van der Waals surface area contributed by atoms with Crippen LogP contribution in [0.5, 0.6) is 23.0 Å². The summed E-state index contributed by atoms with van der Waals surface area (Å²) in [6.07, 6.45) is 3.02. The zero-order valence-corrected chi connectivity index (χ0v) is 25.4. The third-order valence-corrected chi connectivity index (χ3v) is 7.23. The van der Waals surface area contributed by atoms with E-state index in [0.717, 1.165) is 6.07 Å². The molecule has 0 spiro atoms. The quantitative estimate of drug-likeness (QED) is 0.116. The second kappa shape index (κ2) is 14.7. The number of ether oxygens (including phenoxy) is 3. The SMILES string of the molecule is CCOc1cc2c(Oc3ccc(NC(=O)C4(C(=O)Nc5ccc(F)cc5)CC4)cc3F)ccnc2cc1OCCCCC(=O)[O-].[NH4+]. The van der Waals surface area contributed by atoms with Gasteiger partial charge in [0.05, 0.1) is 18.7 Å². The maximum atomic E-state index is 15.2. The second-order valence-corrected chi connectivity index (χ2v) is 10.5. The predicted molar refractivity (Wildman–Crippen MR) is 165 cm³/mol. The van der Waals surface area contributed by atoms with Crippen LogP contribution in [-0.4, -0.2) is 36.0 Å². The highest BCUT2D eigenvalue weighted by molar-refractivity contribution is 6.16. The van der Waals surface area contributed by atoms with Crippen LogP contribution < -0.4 is 36.1 Å². The highest BCUT2D eigenvalue weighted by Crippen LogP contribution is 2.47. The van der Waals surface area contributed by atoms with Crippen molar-refractivity contribution in [1.82, 2.24) is 11.1 Å². The number of benzene rings is 3. The molecule has 242 valence electrons. The molecule has 1 aliphatic carbocycles. The number of carbonyl (C=O) groups is 3. The molecular weight excluding hydrogens is 602 g/mol. The number of quaternary nitrogens is 1. The number of carbonyl (C=O) groups excluding carboxylic acids is 3. The number of aliphatic carboxylic acids is 1. The van der Waals surface area contributed by atoms with Crippen molar-refractivity contribution in [1.29, 1.82) is 0 Å². The zero-order valence-electron chi connectivity index (χ0n) is 25.4. The molecule has 1 aliphatic rings. The normalized spacial score (nSPS) is 12.8. The van der Waals surface area contributed by atoms with E-state index >= 15 is 4.39 Å². The van der Waals surface area contributed by atoms with Crippen LogP contribution in [0.25, 0.3) is 10.9 Å². The average molecular weight is 637 g/mol. The van der Waals surface area contributed by atoms with Gasteiger partial charge in [0.15, 0.2) is 23.1 Å². The monoisotopic (exact) mass is 636 g/mol. The summed E-state index contributed by atoms with van der Waals surface area (Å²) in [7, 11) is 0. The summed E-state index contributed by atoms with van der Waals surface area (Å²) in [6, 6.07) is 14.1. The van der Waals surface area contributed by atoms with E-state index in [1.165, 1.54) is 42.6 Å². The molecule has 13 heteroatoms. The molecule has 6 N–H and O–H groups in total. The minimum absolute atomic E-state index is 0. The molecule has 1 heterocycles. The number of fused-ring (bicyclic) bond motifs is 1. The molecule has 11 nitrogen and oxygen atoms in total. The molecule has 0 bridgehead atoms. The Morgan fingerprint density at radius 2 is 1.52 bits per heavy atom.